The first-order chi connectivity index (χ1) is 47.3. The minimum absolute atomic E-state index is 0.195. The van der Waals surface area contributed by atoms with E-state index in [1.54, 1.807) is 6.08 Å². The molecule has 3 aliphatic heterocycles. The van der Waals surface area contributed by atoms with Gasteiger partial charge in [-0.05, 0) is 96.3 Å². The molecule has 17 atom stereocenters. The highest BCUT2D eigenvalue weighted by Gasteiger charge is 2.53. The Morgan fingerprint density at radius 3 is 1.15 bits per heavy atom. The molecule has 0 radical (unpaired) electrons. The Labute approximate surface area is 583 Å². The molecule has 3 saturated heterocycles. The molecule has 0 aromatic carbocycles. The Balaban J connectivity index is 1.44. The van der Waals surface area contributed by atoms with Crippen molar-refractivity contribution >= 4 is 5.91 Å². The molecule has 19 heteroatoms. The van der Waals surface area contributed by atoms with Crippen molar-refractivity contribution in [1.29, 1.82) is 0 Å². The fourth-order valence-corrected chi connectivity index (χ4v) is 12.0. The summed E-state index contributed by atoms with van der Waals surface area (Å²) in [5.41, 5.74) is 0. The van der Waals surface area contributed by atoms with Gasteiger partial charge < -0.3 is 89.9 Å². The number of aliphatic hydroxyl groups is 11. The van der Waals surface area contributed by atoms with Gasteiger partial charge in [0.05, 0.1) is 38.6 Å². The monoisotopic (exact) mass is 1370 g/mol. The minimum atomic E-state index is -1.99. The Bertz CT molecular complexity index is 2180. The molecular weight excluding hydrogens is 1240 g/mol. The van der Waals surface area contributed by atoms with Crippen molar-refractivity contribution in [2.45, 2.75) is 349 Å². The zero-order chi connectivity index (χ0) is 70.4. The highest BCUT2D eigenvalue weighted by atomic mass is 16.8. The van der Waals surface area contributed by atoms with Crippen molar-refractivity contribution in [3.8, 4) is 0 Å². The van der Waals surface area contributed by atoms with Crippen LogP contribution in [0.3, 0.4) is 0 Å². The number of hydrogen-bond acceptors (Lipinski definition) is 18. The molecule has 12 N–H and O–H groups in total. The van der Waals surface area contributed by atoms with E-state index in [-0.39, 0.29) is 18.9 Å². The van der Waals surface area contributed by atoms with Crippen LogP contribution in [0.5, 0.6) is 0 Å². The van der Waals surface area contributed by atoms with Crippen molar-refractivity contribution in [1.82, 2.24) is 5.32 Å². The lowest BCUT2D eigenvalue weighted by Gasteiger charge is -2.48. The number of hydrogen-bond donors (Lipinski definition) is 12. The van der Waals surface area contributed by atoms with Gasteiger partial charge in [-0.3, -0.25) is 4.79 Å². The molecule has 97 heavy (non-hydrogen) atoms. The molecule has 3 fully saturated rings. The van der Waals surface area contributed by atoms with Gasteiger partial charge in [0.2, 0.25) is 5.91 Å². The standard InChI is InChI=1S/C78H133NO18/c1-3-5-7-9-11-13-15-17-19-21-23-25-27-28-29-30-31-32-34-35-37-39-41-43-45-47-49-51-53-55-62(83)61(79-66(84)56-54-52-50-48-46-44-42-40-38-36-33-26-24-22-20-18-16-14-12-10-8-6-4-2)60-92-76-72(90)69(87)74(64(58-81)94-76)97-78-73(91)70(88)75(65(59-82)95-78)96-77-71(89)68(86)67(85)63(57-80)93-77/h6,8,12,14,18,20,24,26,36-39,42,44-45,47,53,55,61-65,67-78,80-83,85-91H,3-5,7,9-11,13,15-17,19,21-23,25,27-35,40-41,43,46,48-52,54,56-60H2,1-2H3,(H,79,84)/b8-6-,14-12-,20-18-,26-24-,38-36-,39-37+,44-42-,47-45+,55-53+. The number of carbonyl (C=O) groups is 1. The fraction of sp³-hybridized carbons (Fsp3) is 0.756. The molecule has 3 rings (SSSR count). The molecule has 3 heterocycles. The molecule has 0 aromatic heterocycles. The number of allylic oxidation sites excluding steroid dienone is 17. The Kier molecular flexibility index (Phi) is 52.4. The van der Waals surface area contributed by atoms with Gasteiger partial charge >= 0.3 is 0 Å². The maximum atomic E-state index is 13.4. The quantitative estimate of drug-likeness (QED) is 0.0199. The third-order valence-corrected chi connectivity index (χ3v) is 18.0. The minimum Gasteiger partial charge on any atom is -0.394 e. The lowest BCUT2D eigenvalue weighted by atomic mass is 9.96. The van der Waals surface area contributed by atoms with Crippen molar-refractivity contribution in [3.63, 3.8) is 0 Å². The average Bonchev–Trinajstić information content (AvgIpc) is 0.826. The van der Waals surface area contributed by atoms with Gasteiger partial charge in [0.1, 0.15) is 73.2 Å². The van der Waals surface area contributed by atoms with E-state index in [1.165, 1.54) is 122 Å². The van der Waals surface area contributed by atoms with Gasteiger partial charge in [-0.1, -0.05) is 252 Å². The first-order valence-electron chi connectivity index (χ1n) is 37.6. The van der Waals surface area contributed by atoms with Crippen molar-refractivity contribution in [3.05, 3.63) is 109 Å². The lowest BCUT2D eigenvalue weighted by molar-refractivity contribution is -0.379. The van der Waals surface area contributed by atoms with E-state index in [4.69, 9.17) is 28.4 Å². The van der Waals surface area contributed by atoms with Crippen LogP contribution in [0.25, 0.3) is 0 Å². The van der Waals surface area contributed by atoms with Crippen LogP contribution in [0, 0.1) is 0 Å². The maximum absolute atomic E-state index is 13.4. The third kappa shape index (κ3) is 38.9. The molecule has 3 aliphatic rings. The molecule has 0 saturated carbocycles. The Morgan fingerprint density at radius 1 is 0.381 bits per heavy atom. The second-order valence-corrected chi connectivity index (χ2v) is 26.4. The first kappa shape index (κ1) is 87.7. The predicted octanol–water partition coefficient (Wildman–Crippen LogP) is 11.4. The Morgan fingerprint density at radius 2 is 0.722 bits per heavy atom. The second-order valence-electron chi connectivity index (χ2n) is 26.4. The molecule has 558 valence electrons. The van der Waals surface area contributed by atoms with E-state index in [9.17, 15) is 61.0 Å². The largest absolute Gasteiger partial charge is 0.394 e. The number of carbonyl (C=O) groups excluding carboxylic acids is 1. The summed E-state index contributed by atoms with van der Waals surface area (Å²) >= 11 is 0. The van der Waals surface area contributed by atoms with Gasteiger partial charge in [0.15, 0.2) is 18.9 Å². The maximum Gasteiger partial charge on any atom is 0.220 e. The van der Waals surface area contributed by atoms with Crippen LogP contribution in [0.2, 0.25) is 0 Å². The lowest BCUT2D eigenvalue weighted by Crippen LogP contribution is -2.66. The number of ether oxygens (including phenoxy) is 6. The van der Waals surface area contributed by atoms with Crippen LogP contribution >= 0.6 is 0 Å². The predicted molar refractivity (Wildman–Crippen MR) is 383 cm³/mol. The molecular formula is C78H133NO18. The molecule has 19 nitrogen and oxygen atoms in total. The molecule has 1 amide bonds. The molecule has 0 aromatic rings. The summed E-state index contributed by atoms with van der Waals surface area (Å²) in [6, 6.07) is -1.02. The van der Waals surface area contributed by atoms with Gasteiger partial charge in [-0.25, -0.2) is 0 Å². The van der Waals surface area contributed by atoms with Crippen LogP contribution in [-0.4, -0.2) is 193 Å². The van der Waals surface area contributed by atoms with Crippen molar-refractivity contribution < 1.29 is 89.4 Å². The van der Waals surface area contributed by atoms with E-state index in [0.717, 1.165) is 89.9 Å². The number of nitrogens with one attached hydrogen (secondary N) is 1. The highest BCUT2D eigenvalue weighted by molar-refractivity contribution is 5.76. The summed E-state index contributed by atoms with van der Waals surface area (Å²) in [5.74, 6) is -0.317. The zero-order valence-electron chi connectivity index (χ0n) is 59.3. The van der Waals surface area contributed by atoms with Crippen LogP contribution in [0.1, 0.15) is 245 Å². The fourth-order valence-electron chi connectivity index (χ4n) is 12.0. The highest BCUT2D eigenvalue weighted by Crippen LogP contribution is 2.33. The van der Waals surface area contributed by atoms with Gasteiger partial charge in [0, 0.05) is 6.42 Å². The number of unbranched alkanes of at least 4 members (excludes halogenated alkanes) is 25. The topological polar surface area (TPSA) is 307 Å². The summed E-state index contributed by atoms with van der Waals surface area (Å²) in [6.07, 6.45) is 52.1. The third-order valence-electron chi connectivity index (χ3n) is 18.0. The molecule has 0 bridgehead atoms. The van der Waals surface area contributed by atoms with E-state index < -0.39 is 124 Å². The van der Waals surface area contributed by atoms with Crippen LogP contribution in [0.4, 0.5) is 0 Å². The van der Waals surface area contributed by atoms with E-state index >= 15 is 0 Å². The SMILES string of the molecule is CC/C=C\C/C=C\C/C=C\C/C=C\C/C=C\C/C=C\CCCCCCC(=O)NC(COC1OC(CO)C(OC2OC(CO)C(OC3OC(CO)C(O)C(O)C3O)C(O)C2O)C(O)C1O)C(O)/C=C/CC/C=C/CC/C=C/CCCCCCCCCCCCCCCCCCCCC. The summed E-state index contributed by atoms with van der Waals surface area (Å²) in [4.78, 5) is 13.4. The number of rotatable bonds is 57. The van der Waals surface area contributed by atoms with Crippen molar-refractivity contribution in [2.75, 3.05) is 26.4 Å². The van der Waals surface area contributed by atoms with Crippen LogP contribution < -0.4 is 5.32 Å². The summed E-state index contributed by atoms with van der Waals surface area (Å²) < 4.78 is 34.3. The summed E-state index contributed by atoms with van der Waals surface area (Å²) in [6.45, 7) is 1.58. The van der Waals surface area contributed by atoms with Crippen LogP contribution in [-0.2, 0) is 33.2 Å². The van der Waals surface area contributed by atoms with E-state index in [1.807, 2.05) is 6.08 Å². The molecule has 17 unspecified atom stereocenters. The molecule has 0 aliphatic carbocycles. The summed E-state index contributed by atoms with van der Waals surface area (Å²) in [5, 5.41) is 121. The Hall–Kier alpha value is -3.55. The van der Waals surface area contributed by atoms with E-state index in [0.29, 0.717) is 12.8 Å². The van der Waals surface area contributed by atoms with Crippen LogP contribution in [0.15, 0.2) is 109 Å². The first-order valence-corrected chi connectivity index (χ1v) is 37.6. The average molecular weight is 1370 g/mol. The normalized spacial score (nSPS) is 27.5. The number of amides is 1. The second kappa shape index (κ2) is 58.0. The van der Waals surface area contributed by atoms with Gasteiger partial charge in [-0.15, -0.1) is 0 Å². The van der Waals surface area contributed by atoms with Gasteiger partial charge in [-0.2, -0.15) is 0 Å². The smallest absolute Gasteiger partial charge is 0.220 e. The number of aliphatic hydroxyl groups excluding tert-OH is 11. The van der Waals surface area contributed by atoms with E-state index in [2.05, 4.69) is 116 Å². The van der Waals surface area contributed by atoms with Crippen molar-refractivity contribution in [2.24, 2.45) is 0 Å². The molecule has 0 spiro atoms. The summed E-state index contributed by atoms with van der Waals surface area (Å²) in [7, 11) is 0. The zero-order valence-corrected chi connectivity index (χ0v) is 59.3. The van der Waals surface area contributed by atoms with Gasteiger partial charge in [0.25, 0.3) is 0 Å².